The summed E-state index contributed by atoms with van der Waals surface area (Å²) in [4.78, 5) is 32.6. The van der Waals surface area contributed by atoms with Gasteiger partial charge in [0.15, 0.2) is 0 Å². The van der Waals surface area contributed by atoms with Crippen molar-refractivity contribution in [1.82, 2.24) is 0 Å². The highest BCUT2D eigenvalue weighted by Crippen LogP contribution is 2.43. The topological polar surface area (TPSA) is 149 Å². The summed E-state index contributed by atoms with van der Waals surface area (Å²) in [6.45, 7) is 1.07. The van der Waals surface area contributed by atoms with Crippen LogP contribution < -0.4 is 0 Å². The van der Waals surface area contributed by atoms with Crippen LogP contribution in [0, 0.1) is 0 Å². The number of phosphoric ester groups is 1. The van der Waals surface area contributed by atoms with Gasteiger partial charge in [-0.05, 0) is 6.42 Å². The molecule has 0 amide bonds. The van der Waals surface area contributed by atoms with Crippen LogP contribution in [0.5, 0.6) is 0 Å². The predicted molar refractivity (Wildman–Crippen MR) is 145 cm³/mol. The van der Waals surface area contributed by atoms with E-state index in [1.54, 1.807) is 0 Å². The van der Waals surface area contributed by atoms with E-state index in [2.05, 4.69) is 11.4 Å². The molecule has 10 nitrogen and oxygen atoms in total. The van der Waals surface area contributed by atoms with Gasteiger partial charge in [0.05, 0.1) is 26.4 Å². The molecule has 38 heavy (non-hydrogen) atoms. The molecule has 0 spiro atoms. The molecule has 0 rings (SSSR count). The van der Waals surface area contributed by atoms with Crippen molar-refractivity contribution in [2.75, 3.05) is 26.4 Å². The van der Waals surface area contributed by atoms with Crippen molar-refractivity contribution in [3.63, 3.8) is 0 Å². The maximum absolute atomic E-state index is 12.0. The van der Waals surface area contributed by atoms with Crippen LogP contribution in [-0.4, -0.2) is 65.7 Å². The van der Waals surface area contributed by atoms with Crippen LogP contribution in [0.15, 0.2) is 0 Å². The minimum Gasteiger partial charge on any atom is -0.458 e. The number of ether oxygens (including phenoxy) is 2. The van der Waals surface area contributed by atoms with Crippen molar-refractivity contribution >= 4 is 19.8 Å². The number of carbonyl (C=O) groups is 2. The number of carbonyl (C=O) groups excluding carboxylic acids is 2. The maximum atomic E-state index is 12.0. The number of hydrogen-bond donors (Lipinski definition) is 3. The maximum Gasteiger partial charge on any atom is 0.472 e. The summed E-state index contributed by atoms with van der Waals surface area (Å²) in [6.07, 6.45) is 17.8. The summed E-state index contributed by atoms with van der Waals surface area (Å²) in [7, 11) is -4.57. The molecule has 0 aromatic carbocycles. The van der Waals surface area contributed by atoms with Gasteiger partial charge in [-0.1, -0.05) is 103 Å². The normalized spacial score (nSPS) is 14.6. The van der Waals surface area contributed by atoms with Gasteiger partial charge in [-0.2, -0.15) is 0 Å². The molecular formula is C27H53O10P. The molecule has 0 aromatic rings. The van der Waals surface area contributed by atoms with Gasteiger partial charge in [0, 0.05) is 13.3 Å². The highest BCUT2D eigenvalue weighted by atomic mass is 31.2. The van der Waals surface area contributed by atoms with Crippen LogP contribution in [0.25, 0.3) is 0 Å². The van der Waals surface area contributed by atoms with E-state index in [0.717, 1.165) is 26.2 Å². The molecule has 0 saturated carbocycles. The number of rotatable bonds is 27. The van der Waals surface area contributed by atoms with Gasteiger partial charge in [-0.25, -0.2) is 4.57 Å². The third kappa shape index (κ3) is 24.0. The molecule has 0 aliphatic heterocycles. The van der Waals surface area contributed by atoms with Gasteiger partial charge in [0.2, 0.25) is 0 Å². The van der Waals surface area contributed by atoms with Crippen molar-refractivity contribution in [2.45, 2.75) is 135 Å². The van der Waals surface area contributed by atoms with Gasteiger partial charge >= 0.3 is 19.8 Å². The fraction of sp³-hybridized carbons (Fsp3) is 0.926. The van der Waals surface area contributed by atoms with E-state index in [0.29, 0.717) is 6.42 Å². The summed E-state index contributed by atoms with van der Waals surface area (Å²) in [5.41, 5.74) is 0. The largest absolute Gasteiger partial charge is 0.472 e. The Morgan fingerprint density at radius 2 is 1.03 bits per heavy atom. The predicted octanol–water partition coefficient (Wildman–Crippen LogP) is 5.60. The molecule has 0 bridgehead atoms. The highest BCUT2D eigenvalue weighted by molar-refractivity contribution is 7.47. The zero-order valence-corrected chi connectivity index (χ0v) is 24.5. The fourth-order valence-corrected chi connectivity index (χ4v) is 4.72. The Kier molecular flexibility index (Phi) is 24.3. The molecule has 3 atom stereocenters. The number of phosphoric acid groups is 1. The molecule has 0 heterocycles. The molecule has 11 heteroatoms. The monoisotopic (exact) mass is 568 g/mol. The molecule has 0 fully saturated rings. The average molecular weight is 569 g/mol. The fourth-order valence-electron chi connectivity index (χ4n) is 3.94. The van der Waals surface area contributed by atoms with E-state index in [1.165, 1.54) is 77.0 Å². The van der Waals surface area contributed by atoms with Crippen LogP contribution in [-0.2, 0) is 32.7 Å². The highest BCUT2D eigenvalue weighted by Gasteiger charge is 2.27. The lowest BCUT2D eigenvalue weighted by Gasteiger charge is -2.20. The third-order valence-corrected chi connectivity index (χ3v) is 7.07. The second-order valence-corrected chi connectivity index (χ2v) is 11.3. The van der Waals surface area contributed by atoms with Crippen molar-refractivity contribution in [3.05, 3.63) is 0 Å². The van der Waals surface area contributed by atoms with Crippen LogP contribution in [0.2, 0.25) is 0 Å². The second-order valence-electron chi connectivity index (χ2n) is 9.82. The summed E-state index contributed by atoms with van der Waals surface area (Å²) >= 11 is 0. The molecule has 0 saturated heterocycles. The summed E-state index contributed by atoms with van der Waals surface area (Å²) in [5.74, 6) is -1.19. The minimum absolute atomic E-state index is 0.197. The van der Waals surface area contributed by atoms with Crippen molar-refractivity contribution in [2.24, 2.45) is 0 Å². The number of esters is 2. The Morgan fingerprint density at radius 1 is 0.658 bits per heavy atom. The quantitative estimate of drug-likeness (QED) is 0.0649. The first-order chi connectivity index (χ1) is 18.2. The smallest absolute Gasteiger partial charge is 0.458 e. The lowest BCUT2D eigenvalue weighted by molar-refractivity contribution is -0.153. The van der Waals surface area contributed by atoms with Crippen LogP contribution >= 0.6 is 7.82 Å². The molecule has 3 unspecified atom stereocenters. The number of hydrogen-bond acceptors (Lipinski definition) is 9. The molecular weight excluding hydrogens is 515 g/mol. The van der Waals surface area contributed by atoms with Crippen molar-refractivity contribution in [3.8, 4) is 0 Å². The van der Waals surface area contributed by atoms with Gasteiger partial charge in [0.1, 0.15) is 12.2 Å². The second kappa shape index (κ2) is 25.0. The SMILES string of the molecule is CCCCCCCCCCCCCCCCCCC(=O)OC(CO)COP(=O)(O)OCC(CO)OC(C)=O. The average Bonchev–Trinajstić information content (AvgIpc) is 2.88. The Bertz CT molecular complexity index is 631. The summed E-state index contributed by atoms with van der Waals surface area (Å²) in [5, 5.41) is 18.5. The van der Waals surface area contributed by atoms with E-state index in [1.807, 2.05) is 0 Å². The molecule has 0 aliphatic carbocycles. The number of aliphatic hydroxyl groups excluding tert-OH is 2. The van der Waals surface area contributed by atoms with Crippen molar-refractivity contribution in [1.29, 1.82) is 0 Å². The summed E-state index contributed by atoms with van der Waals surface area (Å²) in [6, 6.07) is 0. The van der Waals surface area contributed by atoms with Gasteiger partial charge in [0.25, 0.3) is 0 Å². The van der Waals surface area contributed by atoms with Crippen LogP contribution in [0.3, 0.4) is 0 Å². The van der Waals surface area contributed by atoms with E-state index in [9.17, 15) is 24.2 Å². The van der Waals surface area contributed by atoms with Gasteiger partial charge < -0.3 is 24.6 Å². The molecule has 0 aromatic heterocycles. The zero-order chi connectivity index (χ0) is 28.5. The van der Waals surface area contributed by atoms with Crippen LogP contribution in [0.4, 0.5) is 0 Å². The Morgan fingerprint density at radius 3 is 1.39 bits per heavy atom. The lowest BCUT2D eigenvalue weighted by atomic mass is 10.0. The standard InChI is InChI=1S/C27H53O10P/c1-3-4-5-6-7-8-9-10-11-12-13-14-15-16-17-18-19-27(31)37-26(21-29)23-35-38(32,33)34-22-25(20-28)36-24(2)30/h25-26,28-29H,3-23H2,1-2H3,(H,32,33). The first kappa shape index (κ1) is 37.0. The number of aliphatic hydroxyl groups is 2. The third-order valence-electron chi connectivity index (χ3n) is 6.12. The zero-order valence-electron chi connectivity index (χ0n) is 23.7. The van der Waals surface area contributed by atoms with E-state index in [4.69, 9.17) is 19.1 Å². The molecule has 0 radical (unpaired) electrons. The van der Waals surface area contributed by atoms with E-state index < -0.39 is 58.4 Å². The van der Waals surface area contributed by atoms with Gasteiger partial charge in [-0.15, -0.1) is 0 Å². The Labute approximate surface area is 229 Å². The van der Waals surface area contributed by atoms with E-state index in [-0.39, 0.29) is 6.42 Å². The molecule has 3 N–H and O–H groups in total. The lowest BCUT2D eigenvalue weighted by Crippen LogP contribution is -2.28. The van der Waals surface area contributed by atoms with Crippen LogP contribution in [0.1, 0.15) is 123 Å². The van der Waals surface area contributed by atoms with Gasteiger partial charge in [-0.3, -0.25) is 18.6 Å². The number of unbranched alkanes of at least 4 members (excludes halogenated alkanes) is 15. The summed E-state index contributed by atoms with van der Waals surface area (Å²) < 4.78 is 31.2. The first-order valence-corrected chi connectivity index (χ1v) is 15.9. The van der Waals surface area contributed by atoms with Crippen molar-refractivity contribution < 1.29 is 47.8 Å². The van der Waals surface area contributed by atoms with E-state index >= 15 is 0 Å². The first-order valence-electron chi connectivity index (χ1n) is 14.4. The Balaban J connectivity index is 3.76. The molecule has 0 aliphatic rings. The minimum atomic E-state index is -4.57. The molecule has 226 valence electrons. The Hall–Kier alpha value is -1.03.